The van der Waals surface area contributed by atoms with Crippen LogP contribution in [0.1, 0.15) is 17.7 Å². The summed E-state index contributed by atoms with van der Waals surface area (Å²) >= 11 is 0. The van der Waals surface area contributed by atoms with Gasteiger partial charge in [0.1, 0.15) is 11.3 Å². The molecular weight excluding hydrogens is 252 g/mol. The highest BCUT2D eigenvalue weighted by molar-refractivity contribution is 5.83. The Kier molecular flexibility index (Phi) is 3.74. The van der Waals surface area contributed by atoms with Gasteiger partial charge in [-0.1, -0.05) is 0 Å². The number of fused-ring (bicyclic) bond motifs is 1. The van der Waals surface area contributed by atoms with Crippen LogP contribution in [0.3, 0.4) is 0 Å². The van der Waals surface area contributed by atoms with Crippen LogP contribution >= 0.6 is 0 Å². The summed E-state index contributed by atoms with van der Waals surface area (Å²) in [4.78, 5) is 15.2. The van der Waals surface area contributed by atoms with Crippen molar-refractivity contribution in [3.8, 4) is 0 Å². The lowest BCUT2D eigenvalue weighted by atomic mass is 10.0. The number of methoxy groups -OCH3 is 1. The predicted molar refractivity (Wildman–Crippen MR) is 66.7 cm³/mol. The number of halogens is 2. The van der Waals surface area contributed by atoms with Crippen molar-refractivity contribution in [1.29, 1.82) is 0 Å². The molecule has 0 aliphatic rings. The van der Waals surface area contributed by atoms with Gasteiger partial charge in [0.15, 0.2) is 5.82 Å². The lowest BCUT2D eigenvalue weighted by Crippen LogP contribution is -2.03. The number of carbonyl (C=O) groups excluding carboxylic acids is 1. The molecule has 1 aromatic heterocycles. The molecule has 2 rings (SSSR count). The lowest BCUT2D eigenvalue weighted by Gasteiger charge is -2.08. The highest BCUT2D eigenvalue weighted by atomic mass is 19.1. The fraction of sp³-hybridized carbons (Fsp3) is 0.286. The maximum atomic E-state index is 13.7. The maximum Gasteiger partial charge on any atom is 0.305 e. The molecular formula is C14H13F2NO2. The molecule has 0 spiro atoms. The monoisotopic (exact) mass is 265 g/mol. The van der Waals surface area contributed by atoms with Crippen LogP contribution in [0.2, 0.25) is 0 Å². The van der Waals surface area contributed by atoms with Gasteiger partial charge in [-0.05, 0) is 31.0 Å². The summed E-state index contributed by atoms with van der Waals surface area (Å²) in [5.74, 6) is -1.72. The van der Waals surface area contributed by atoms with Crippen molar-refractivity contribution in [2.24, 2.45) is 0 Å². The van der Waals surface area contributed by atoms with E-state index in [1.165, 1.54) is 13.2 Å². The molecule has 5 heteroatoms. The third-order valence-corrected chi connectivity index (χ3v) is 2.87. The van der Waals surface area contributed by atoms with E-state index < -0.39 is 11.6 Å². The SMILES string of the molecule is COC(=O)CCc1cc(C)nc2c(F)cc(F)cc12. The Hall–Kier alpha value is -2.04. The number of esters is 1. The number of aryl methyl sites for hydroxylation is 2. The topological polar surface area (TPSA) is 39.2 Å². The predicted octanol–water partition coefficient (Wildman–Crippen LogP) is 2.93. The zero-order chi connectivity index (χ0) is 14.0. The molecule has 1 aromatic carbocycles. The molecule has 0 saturated carbocycles. The minimum atomic E-state index is -0.696. The van der Waals surface area contributed by atoms with Crippen LogP contribution in [0.25, 0.3) is 10.9 Å². The fourth-order valence-electron chi connectivity index (χ4n) is 2.01. The number of hydrogen-bond acceptors (Lipinski definition) is 3. The molecule has 0 aliphatic heterocycles. The third kappa shape index (κ3) is 2.86. The van der Waals surface area contributed by atoms with Crippen molar-refractivity contribution in [2.75, 3.05) is 7.11 Å². The number of aromatic nitrogens is 1. The Morgan fingerprint density at radius 3 is 2.74 bits per heavy atom. The smallest absolute Gasteiger partial charge is 0.305 e. The minimum absolute atomic E-state index is 0.126. The van der Waals surface area contributed by atoms with Crippen molar-refractivity contribution < 1.29 is 18.3 Å². The number of ether oxygens (including phenoxy) is 1. The molecule has 0 unspecified atom stereocenters. The first-order valence-corrected chi connectivity index (χ1v) is 5.83. The number of nitrogens with zero attached hydrogens (tertiary/aromatic N) is 1. The van der Waals surface area contributed by atoms with Gasteiger partial charge in [-0.2, -0.15) is 0 Å². The van der Waals surface area contributed by atoms with Crippen molar-refractivity contribution in [1.82, 2.24) is 4.98 Å². The summed E-state index contributed by atoms with van der Waals surface area (Å²) in [6.07, 6.45) is 0.516. The molecule has 0 radical (unpaired) electrons. The normalized spacial score (nSPS) is 10.7. The Bertz CT molecular complexity index is 641. The van der Waals surface area contributed by atoms with E-state index >= 15 is 0 Å². The first-order chi connectivity index (χ1) is 9.01. The molecule has 0 bridgehead atoms. The van der Waals surface area contributed by atoms with Gasteiger partial charge in [0.25, 0.3) is 0 Å². The zero-order valence-corrected chi connectivity index (χ0v) is 10.7. The van der Waals surface area contributed by atoms with Crippen LogP contribution in [0.5, 0.6) is 0 Å². The Labute approximate surface area is 109 Å². The molecule has 0 atom stereocenters. The van der Waals surface area contributed by atoms with Gasteiger partial charge in [0, 0.05) is 23.6 Å². The summed E-state index contributed by atoms with van der Waals surface area (Å²) in [7, 11) is 1.30. The van der Waals surface area contributed by atoms with Crippen LogP contribution in [-0.4, -0.2) is 18.1 Å². The zero-order valence-electron chi connectivity index (χ0n) is 10.7. The van der Waals surface area contributed by atoms with Crippen molar-refractivity contribution in [3.63, 3.8) is 0 Å². The largest absolute Gasteiger partial charge is 0.469 e. The highest BCUT2D eigenvalue weighted by Crippen LogP contribution is 2.23. The van der Waals surface area contributed by atoms with Gasteiger partial charge in [0.05, 0.1) is 7.11 Å². The van der Waals surface area contributed by atoms with Gasteiger partial charge >= 0.3 is 5.97 Å². The van der Waals surface area contributed by atoms with E-state index in [1.54, 1.807) is 13.0 Å². The van der Waals surface area contributed by atoms with E-state index in [-0.39, 0.29) is 17.9 Å². The number of hydrogen-bond donors (Lipinski definition) is 0. The van der Waals surface area contributed by atoms with Crippen LogP contribution in [-0.2, 0) is 16.0 Å². The van der Waals surface area contributed by atoms with Gasteiger partial charge in [0.2, 0.25) is 0 Å². The standard InChI is InChI=1S/C14H13F2NO2/c1-8-5-9(3-4-13(18)19-2)11-6-10(15)7-12(16)14(11)17-8/h5-7H,3-4H2,1-2H3. The summed E-state index contributed by atoms with van der Waals surface area (Å²) in [6, 6.07) is 3.76. The first-order valence-electron chi connectivity index (χ1n) is 5.83. The number of benzene rings is 1. The molecule has 2 aromatic rings. The van der Waals surface area contributed by atoms with Crippen LogP contribution in [0.4, 0.5) is 8.78 Å². The van der Waals surface area contributed by atoms with Crippen molar-refractivity contribution in [2.45, 2.75) is 19.8 Å². The molecule has 0 aliphatic carbocycles. The van der Waals surface area contributed by atoms with E-state index in [0.717, 1.165) is 6.07 Å². The summed E-state index contributed by atoms with van der Waals surface area (Å²) < 4.78 is 31.5. The van der Waals surface area contributed by atoms with Gasteiger partial charge in [-0.15, -0.1) is 0 Å². The van der Waals surface area contributed by atoms with Crippen molar-refractivity contribution >= 4 is 16.9 Å². The second-order valence-corrected chi connectivity index (χ2v) is 4.28. The van der Waals surface area contributed by atoms with Crippen LogP contribution < -0.4 is 0 Å². The number of rotatable bonds is 3. The molecule has 0 saturated heterocycles. The molecule has 100 valence electrons. The fourth-order valence-corrected chi connectivity index (χ4v) is 2.01. The van der Waals surface area contributed by atoms with Crippen LogP contribution in [0, 0.1) is 18.6 Å². The van der Waals surface area contributed by atoms with Gasteiger partial charge < -0.3 is 4.74 Å². The van der Waals surface area contributed by atoms with E-state index in [4.69, 9.17) is 0 Å². The minimum Gasteiger partial charge on any atom is -0.469 e. The van der Waals surface area contributed by atoms with E-state index in [1.807, 2.05) is 0 Å². The molecule has 19 heavy (non-hydrogen) atoms. The Morgan fingerprint density at radius 1 is 1.32 bits per heavy atom. The summed E-state index contributed by atoms with van der Waals surface area (Å²) in [5.41, 5.74) is 1.44. The van der Waals surface area contributed by atoms with E-state index in [9.17, 15) is 13.6 Å². The van der Waals surface area contributed by atoms with Crippen LogP contribution in [0.15, 0.2) is 18.2 Å². The average Bonchev–Trinajstić information content (AvgIpc) is 2.36. The molecule has 1 heterocycles. The number of pyridine rings is 1. The van der Waals surface area contributed by atoms with Gasteiger partial charge in [-0.3, -0.25) is 9.78 Å². The van der Waals surface area contributed by atoms with E-state index in [2.05, 4.69) is 9.72 Å². The highest BCUT2D eigenvalue weighted by Gasteiger charge is 2.12. The molecule has 3 nitrogen and oxygen atoms in total. The lowest BCUT2D eigenvalue weighted by molar-refractivity contribution is -0.140. The number of carbonyl (C=O) groups is 1. The maximum absolute atomic E-state index is 13.7. The quantitative estimate of drug-likeness (QED) is 0.801. The summed E-state index contributed by atoms with van der Waals surface area (Å²) in [5, 5.41) is 0.395. The Morgan fingerprint density at radius 2 is 2.05 bits per heavy atom. The second-order valence-electron chi connectivity index (χ2n) is 4.28. The first kappa shape index (κ1) is 13.4. The molecule has 0 N–H and O–H groups in total. The van der Waals surface area contributed by atoms with Gasteiger partial charge in [-0.25, -0.2) is 8.78 Å². The molecule has 0 amide bonds. The second kappa shape index (κ2) is 5.30. The summed E-state index contributed by atoms with van der Waals surface area (Å²) in [6.45, 7) is 1.73. The third-order valence-electron chi connectivity index (χ3n) is 2.87. The van der Waals surface area contributed by atoms with Crippen molar-refractivity contribution in [3.05, 3.63) is 41.1 Å². The Balaban J connectivity index is 2.50. The molecule has 0 fully saturated rings. The van der Waals surface area contributed by atoms with E-state index in [0.29, 0.717) is 23.1 Å². The average molecular weight is 265 g/mol.